The molecule has 1 atom stereocenters. The van der Waals surface area contributed by atoms with Gasteiger partial charge in [-0.05, 0) is 56.0 Å². The molecule has 126 valence electrons. The van der Waals surface area contributed by atoms with Crippen molar-refractivity contribution in [3.8, 4) is 5.75 Å². The number of benzene rings is 2. The lowest BCUT2D eigenvalue weighted by molar-refractivity contribution is -0.117. The molecule has 0 saturated carbocycles. The lowest BCUT2D eigenvalue weighted by Gasteiger charge is -2.35. The zero-order chi connectivity index (χ0) is 17.1. The Kier molecular flexibility index (Phi) is 4.74. The maximum atomic E-state index is 12.8. The average molecular weight is 324 g/mol. The van der Waals surface area contributed by atoms with Crippen LogP contribution < -0.4 is 15.0 Å². The minimum atomic E-state index is -0.239. The Labute approximate surface area is 143 Å². The summed E-state index contributed by atoms with van der Waals surface area (Å²) in [5.74, 6) is 0.663. The molecule has 4 heteroatoms. The van der Waals surface area contributed by atoms with E-state index in [1.165, 1.54) is 11.3 Å². The summed E-state index contributed by atoms with van der Waals surface area (Å²) in [6, 6.07) is 13.9. The van der Waals surface area contributed by atoms with Crippen molar-refractivity contribution in [2.45, 2.75) is 32.7 Å². The number of nitrogens with one attached hydrogen (secondary N) is 1. The van der Waals surface area contributed by atoms with E-state index in [-0.39, 0.29) is 11.9 Å². The molecule has 24 heavy (non-hydrogen) atoms. The normalized spacial score (nSPS) is 14.7. The number of aryl methyl sites for hydroxylation is 2. The third-order valence-corrected chi connectivity index (χ3v) is 4.61. The van der Waals surface area contributed by atoms with Crippen molar-refractivity contribution in [1.82, 2.24) is 0 Å². The van der Waals surface area contributed by atoms with Crippen LogP contribution in [0, 0.1) is 6.92 Å². The van der Waals surface area contributed by atoms with Gasteiger partial charge in [-0.25, -0.2) is 0 Å². The number of hydrogen-bond acceptors (Lipinski definition) is 3. The predicted octanol–water partition coefficient (Wildman–Crippen LogP) is 3.78. The number of methoxy groups -OCH3 is 1. The molecular weight excluding hydrogens is 300 g/mol. The second-order valence-corrected chi connectivity index (χ2v) is 6.29. The Morgan fingerprint density at radius 1 is 1.25 bits per heavy atom. The summed E-state index contributed by atoms with van der Waals surface area (Å²) in [5.41, 5.74) is 4.29. The molecule has 2 aromatic rings. The van der Waals surface area contributed by atoms with Gasteiger partial charge in [0.2, 0.25) is 5.91 Å². The van der Waals surface area contributed by atoms with E-state index in [0.29, 0.717) is 5.75 Å². The van der Waals surface area contributed by atoms with E-state index in [9.17, 15) is 4.79 Å². The number of carbonyl (C=O) groups excluding carboxylic acids is 1. The van der Waals surface area contributed by atoms with Gasteiger partial charge in [0.1, 0.15) is 11.8 Å². The van der Waals surface area contributed by atoms with Crippen molar-refractivity contribution in [1.29, 1.82) is 0 Å². The van der Waals surface area contributed by atoms with Crippen LogP contribution in [0.25, 0.3) is 0 Å². The van der Waals surface area contributed by atoms with Crippen molar-refractivity contribution in [3.63, 3.8) is 0 Å². The fourth-order valence-corrected chi connectivity index (χ4v) is 3.26. The van der Waals surface area contributed by atoms with Gasteiger partial charge < -0.3 is 15.0 Å². The Morgan fingerprint density at radius 3 is 2.83 bits per heavy atom. The molecule has 0 aromatic heterocycles. The third kappa shape index (κ3) is 3.23. The highest BCUT2D eigenvalue weighted by atomic mass is 16.5. The third-order valence-electron chi connectivity index (χ3n) is 4.61. The summed E-state index contributed by atoms with van der Waals surface area (Å²) in [6.07, 6.45) is 2.15. The number of rotatable bonds is 4. The zero-order valence-corrected chi connectivity index (χ0v) is 14.5. The number of nitrogens with zero attached hydrogens (tertiary/aromatic N) is 1. The summed E-state index contributed by atoms with van der Waals surface area (Å²) in [5, 5.41) is 3.02. The molecular formula is C20H24N2O2. The number of amides is 1. The van der Waals surface area contributed by atoms with Crippen molar-refractivity contribution < 1.29 is 9.53 Å². The van der Waals surface area contributed by atoms with Crippen LogP contribution in [-0.4, -0.2) is 25.6 Å². The first-order valence-electron chi connectivity index (χ1n) is 8.40. The molecule has 3 rings (SSSR count). The van der Waals surface area contributed by atoms with Crippen molar-refractivity contribution >= 4 is 17.3 Å². The van der Waals surface area contributed by atoms with Crippen LogP contribution in [0.2, 0.25) is 0 Å². The fraction of sp³-hybridized carbons (Fsp3) is 0.350. The van der Waals surface area contributed by atoms with Crippen LogP contribution in [-0.2, 0) is 11.2 Å². The highest BCUT2D eigenvalue weighted by Crippen LogP contribution is 2.30. The minimum Gasteiger partial charge on any atom is -0.495 e. The van der Waals surface area contributed by atoms with Crippen molar-refractivity contribution in [2.75, 3.05) is 23.9 Å². The lowest BCUT2D eigenvalue weighted by Crippen LogP contribution is -2.44. The zero-order valence-electron chi connectivity index (χ0n) is 14.5. The largest absolute Gasteiger partial charge is 0.495 e. The van der Waals surface area contributed by atoms with E-state index >= 15 is 0 Å². The van der Waals surface area contributed by atoms with Gasteiger partial charge in [0, 0.05) is 12.2 Å². The Balaban J connectivity index is 1.80. The molecule has 0 bridgehead atoms. The molecule has 1 aliphatic rings. The quantitative estimate of drug-likeness (QED) is 0.930. The number of para-hydroxylation sites is 1. The highest BCUT2D eigenvalue weighted by molar-refractivity contribution is 5.98. The van der Waals surface area contributed by atoms with Crippen molar-refractivity contribution in [2.24, 2.45) is 0 Å². The van der Waals surface area contributed by atoms with Gasteiger partial charge in [-0.2, -0.15) is 0 Å². The number of hydrogen-bond donors (Lipinski definition) is 1. The molecule has 0 saturated heterocycles. The van der Waals surface area contributed by atoms with Crippen LogP contribution in [0.4, 0.5) is 11.4 Å². The number of carbonyl (C=O) groups is 1. The van der Waals surface area contributed by atoms with Gasteiger partial charge in [-0.3, -0.25) is 4.79 Å². The van der Waals surface area contributed by atoms with Gasteiger partial charge in [-0.1, -0.05) is 24.3 Å². The number of fused-ring (bicyclic) bond motifs is 1. The smallest absolute Gasteiger partial charge is 0.246 e. The lowest BCUT2D eigenvalue weighted by atomic mass is 10.00. The van der Waals surface area contributed by atoms with Crippen LogP contribution >= 0.6 is 0 Å². The minimum absolute atomic E-state index is 0.0180. The van der Waals surface area contributed by atoms with Crippen LogP contribution in [0.15, 0.2) is 42.5 Å². The molecule has 1 N–H and O–H groups in total. The number of anilines is 2. The fourth-order valence-electron chi connectivity index (χ4n) is 3.26. The van der Waals surface area contributed by atoms with Crippen LogP contribution in [0.1, 0.15) is 24.5 Å². The van der Waals surface area contributed by atoms with Gasteiger partial charge in [0.25, 0.3) is 0 Å². The molecule has 1 amide bonds. The van der Waals surface area contributed by atoms with E-state index < -0.39 is 0 Å². The Bertz CT molecular complexity index is 742. The average Bonchev–Trinajstić information content (AvgIpc) is 2.61. The molecule has 2 aromatic carbocycles. The monoisotopic (exact) mass is 324 g/mol. The van der Waals surface area contributed by atoms with E-state index in [1.807, 2.05) is 38.1 Å². The van der Waals surface area contributed by atoms with Gasteiger partial charge in [0.05, 0.1) is 12.8 Å². The molecule has 0 unspecified atom stereocenters. The molecule has 1 heterocycles. The standard InChI is InChI=1S/C20H24N2O2/c1-14-10-11-19(24-3)17(13-14)21-20(23)15(2)22-12-6-8-16-7-4-5-9-18(16)22/h4-5,7,9-11,13,15H,6,8,12H2,1-3H3,(H,21,23)/t15-/m1/s1. The van der Waals surface area contributed by atoms with Crippen molar-refractivity contribution in [3.05, 3.63) is 53.6 Å². The number of ether oxygens (including phenoxy) is 1. The molecule has 0 radical (unpaired) electrons. The Hall–Kier alpha value is -2.49. The molecule has 1 aliphatic heterocycles. The topological polar surface area (TPSA) is 41.6 Å². The molecule has 0 aliphatic carbocycles. The molecule has 4 nitrogen and oxygen atoms in total. The summed E-state index contributed by atoms with van der Waals surface area (Å²) < 4.78 is 5.35. The van der Waals surface area contributed by atoms with Gasteiger partial charge in [-0.15, -0.1) is 0 Å². The summed E-state index contributed by atoms with van der Waals surface area (Å²) >= 11 is 0. The first-order chi connectivity index (χ1) is 11.6. The highest BCUT2D eigenvalue weighted by Gasteiger charge is 2.26. The van der Waals surface area contributed by atoms with E-state index in [4.69, 9.17) is 4.74 Å². The predicted molar refractivity (Wildman–Crippen MR) is 97.9 cm³/mol. The van der Waals surface area contributed by atoms with E-state index in [1.54, 1.807) is 7.11 Å². The second-order valence-electron chi connectivity index (χ2n) is 6.29. The summed E-state index contributed by atoms with van der Waals surface area (Å²) in [7, 11) is 1.62. The van der Waals surface area contributed by atoms with E-state index in [0.717, 1.165) is 30.6 Å². The molecule has 0 spiro atoms. The van der Waals surface area contributed by atoms with E-state index in [2.05, 4.69) is 28.4 Å². The SMILES string of the molecule is COc1ccc(C)cc1NC(=O)[C@@H](C)N1CCCc2ccccc21. The van der Waals surface area contributed by atoms with Crippen LogP contribution in [0.5, 0.6) is 5.75 Å². The maximum Gasteiger partial charge on any atom is 0.246 e. The first kappa shape index (κ1) is 16.4. The van der Waals surface area contributed by atoms with Crippen LogP contribution in [0.3, 0.4) is 0 Å². The first-order valence-corrected chi connectivity index (χ1v) is 8.40. The Morgan fingerprint density at radius 2 is 2.04 bits per heavy atom. The second kappa shape index (κ2) is 6.95. The maximum absolute atomic E-state index is 12.8. The summed E-state index contributed by atoms with van der Waals surface area (Å²) in [6.45, 7) is 4.86. The van der Waals surface area contributed by atoms with Gasteiger partial charge in [0.15, 0.2) is 0 Å². The van der Waals surface area contributed by atoms with Gasteiger partial charge >= 0.3 is 0 Å². The molecule has 0 fully saturated rings. The summed E-state index contributed by atoms with van der Waals surface area (Å²) in [4.78, 5) is 15.0.